The minimum absolute atomic E-state index is 0.0921. The fraction of sp³-hybridized carbons (Fsp3) is 0.500. The largest absolute Gasteiger partial charge is 0.481 e. The highest BCUT2D eigenvalue weighted by Crippen LogP contribution is 2.18. The Bertz CT molecular complexity index is 439. The molecule has 1 amide bonds. The molecular weight excluding hydrogens is 244 g/mol. The lowest BCUT2D eigenvalue weighted by molar-refractivity contribution is -0.145. The van der Waals surface area contributed by atoms with Gasteiger partial charge in [-0.25, -0.2) is 0 Å². The molecule has 5 nitrogen and oxygen atoms in total. The van der Waals surface area contributed by atoms with Crippen LogP contribution >= 0.6 is 0 Å². The molecule has 0 aromatic carbocycles. The number of aryl methyl sites for hydroxylation is 1. The zero-order valence-electron chi connectivity index (χ0n) is 10.8. The number of pyridine rings is 1. The highest BCUT2D eigenvalue weighted by Gasteiger charge is 2.26. The summed E-state index contributed by atoms with van der Waals surface area (Å²) in [4.78, 5) is 28.8. The molecule has 0 unspecified atom stereocenters. The van der Waals surface area contributed by atoms with Crippen LogP contribution in [0.25, 0.3) is 0 Å². The molecule has 19 heavy (non-hydrogen) atoms. The second kappa shape index (κ2) is 6.31. The first-order valence-electron chi connectivity index (χ1n) is 6.57. The van der Waals surface area contributed by atoms with E-state index in [2.05, 4.69) is 4.98 Å². The van der Waals surface area contributed by atoms with E-state index in [4.69, 9.17) is 5.11 Å². The maximum Gasteiger partial charge on any atom is 0.306 e. The summed E-state index contributed by atoms with van der Waals surface area (Å²) in [6, 6.07) is 5.66. The molecule has 1 aliphatic heterocycles. The summed E-state index contributed by atoms with van der Waals surface area (Å²) in [6.45, 7) is 1.11. The first kappa shape index (κ1) is 13.5. The highest BCUT2D eigenvalue weighted by atomic mass is 16.4. The topological polar surface area (TPSA) is 70.5 Å². The monoisotopic (exact) mass is 262 g/mol. The molecule has 0 atom stereocenters. The summed E-state index contributed by atoms with van der Waals surface area (Å²) in [5.74, 6) is -0.949. The van der Waals surface area contributed by atoms with Gasteiger partial charge in [-0.05, 0) is 31.4 Å². The summed E-state index contributed by atoms with van der Waals surface area (Å²) < 4.78 is 0. The van der Waals surface area contributed by atoms with E-state index in [1.807, 2.05) is 18.2 Å². The zero-order valence-corrected chi connectivity index (χ0v) is 10.8. The van der Waals surface area contributed by atoms with E-state index in [-0.39, 0.29) is 11.8 Å². The summed E-state index contributed by atoms with van der Waals surface area (Å²) in [6.07, 6.45) is 3.92. The van der Waals surface area contributed by atoms with Crippen LogP contribution in [0.15, 0.2) is 24.4 Å². The first-order valence-corrected chi connectivity index (χ1v) is 6.57. The number of hydrogen-bond acceptors (Lipinski definition) is 3. The molecule has 1 aromatic heterocycles. The minimum Gasteiger partial charge on any atom is -0.481 e. The molecule has 1 aliphatic rings. The third-order valence-electron chi connectivity index (χ3n) is 3.52. The van der Waals surface area contributed by atoms with E-state index in [1.165, 1.54) is 0 Å². The predicted molar refractivity (Wildman–Crippen MR) is 69.5 cm³/mol. The van der Waals surface area contributed by atoms with Gasteiger partial charge in [-0.1, -0.05) is 6.07 Å². The van der Waals surface area contributed by atoms with Gasteiger partial charge >= 0.3 is 5.97 Å². The third kappa shape index (κ3) is 3.77. The number of carbonyl (C=O) groups is 2. The summed E-state index contributed by atoms with van der Waals surface area (Å²) in [7, 11) is 0. The van der Waals surface area contributed by atoms with E-state index >= 15 is 0 Å². The lowest BCUT2D eigenvalue weighted by atomic mass is 9.97. The molecule has 1 fully saturated rings. The predicted octanol–water partition coefficient (Wildman–Crippen LogP) is 1.34. The summed E-state index contributed by atoms with van der Waals surface area (Å²) in [5, 5.41) is 8.90. The van der Waals surface area contributed by atoms with Gasteiger partial charge in [0.05, 0.1) is 5.92 Å². The smallest absolute Gasteiger partial charge is 0.306 e. The van der Waals surface area contributed by atoms with Gasteiger partial charge in [0.15, 0.2) is 0 Å². The van der Waals surface area contributed by atoms with Crippen molar-refractivity contribution in [1.29, 1.82) is 0 Å². The van der Waals surface area contributed by atoms with Crippen LogP contribution in [0.1, 0.15) is 25.0 Å². The van der Waals surface area contributed by atoms with E-state index in [0.717, 1.165) is 5.69 Å². The van der Waals surface area contributed by atoms with Crippen LogP contribution in [0.5, 0.6) is 0 Å². The van der Waals surface area contributed by atoms with Crippen LogP contribution in [0.4, 0.5) is 0 Å². The van der Waals surface area contributed by atoms with Crippen molar-refractivity contribution in [2.24, 2.45) is 5.92 Å². The SMILES string of the molecule is O=C(O)C1CCN(C(=O)CCc2ccccn2)CC1. The number of carboxylic acid groups (broad SMARTS) is 1. The second-order valence-electron chi connectivity index (χ2n) is 4.81. The Labute approximate surface area is 112 Å². The van der Waals surface area contributed by atoms with E-state index in [9.17, 15) is 9.59 Å². The van der Waals surface area contributed by atoms with Gasteiger partial charge in [-0.2, -0.15) is 0 Å². The standard InChI is InChI=1S/C14H18N2O3/c17-13(5-4-12-3-1-2-8-15-12)16-9-6-11(7-10-16)14(18)19/h1-3,8,11H,4-7,9-10H2,(H,18,19). The number of hydrogen-bond donors (Lipinski definition) is 1. The molecule has 1 saturated heterocycles. The molecule has 1 aromatic rings. The maximum atomic E-state index is 12.0. The van der Waals surface area contributed by atoms with Gasteiger partial charge in [-0.3, -0.25) is 14.6 Å². The van der Waals surface area contributed by atoms with Crippen LogP contribution in [0, 0.1) is 5.92 Å². The average Bonchev–Trinajstić information content (AvgIpc) is 2.46. The number of aliphatic carboxylic acids is 1. The van der Waals surface area contributed by atoms with Gasteiger partial charge < -0.3 is 10.0 Å². The van der Waals surface area contributed by atoms with Crippen molar-refractivity contribution in [1.82, 2.24) is 9.88 Å². The molecule has 0 spiro atoms. The lowest BCUT2D eigenvalue weighted by Crippen LogP contribution is -2.40. The van der Waals surface area contributed by atoms with Gasteiger partial charge in [0.25, 0.3) is 0 Å². The molecule has 102 valence electrons. The summed E-state index contributed by atoms with van der Waals surface area (Å²) >= 11 is 0. The normalized spacial score (nSPS) is 16.3. The molecule has 0 saturated carbocycles. The molecule has 5 heteroatoms. The van der Waals surface area contributed by atoms with Gasteiger partial charge in [0.2, 0.25) is 5.91 Å². The number of carbonyl (C=O) groups excluding carboxylic acids is 1. The molecule has 0 bridgehead atoms. The Morgan fingerprint density at radius 3 is 2.63 bits per heavy atom. The molecule has 0 radical (unpaired) electrons. The average molecular weight is 262 g/mol. The van der Waals surface area contributed by atoms with Crippen molar-refractivity contribution < 1.29 is 14.7 Å². The Kier molecular flexibility index (Phi) is 4.49. The number of piperidine rings is 1. The Hall–Kier alpha value is -1.91. The second-order valence-corrected chi connectivity index (χ2v) is 4.81. The van der Waals surface area contributed by atoms with Crippen LogP contribution in [-0.2, 0) is 16.0 Å². The van der Waals surface area contributed by atoms with Crippen molar-refractivity contribution in [2.75, 3.05) is 13.1 Å². The number of likely N-dealkylation sites (tertiary alicyclic amines) is 1. The zero-order chi connectivity index (χ0) is 13.7. The minimum atomic E-state index is -0.749. The molecule has 2 rings (SSSR count). The van der Waals surface area contributed by atoms with E-state index in [0.29, 0.717) is 38.8 Å². The molecule has 2 heterocycles. The molecule has 0 aliphatic carbocycles. The number of aromatic nitrogens is 1. The van der Waals surface area contributed by atoms with Gasteiger partial charge in [-0.15, -0.1) is 0 Å². The quantitative estimate of drug-likeness (QED) is 0.888. The van der Waals surface area contributed by atoms with Crippen molar-refractivity contribution >= 4 is 11.9 Å². The van der Waals surface area contributed by atoms with Crippen molar-refractivity contribution in [3.05, 3.63) is 30.1 Å². The number of rotatable bonds is 4. The van der Waals surface area contributed by atoms with Crippen LogP contribution in [0.3, 0.4) is 0 Å². The number of nitrogens with zero attached hydrogens (tertiary/aromatic N) is 2. The van der Waals surface area contributed by atoms with Crippen LogP contribution in [0.2, 0.25) is 0 Å². The summed E-state index contributed by atoms with van der Waals surface area (Å²) in [5.41, 5.74) is 0.913. The molecule has 1 N–H and O–H groups in total. The first-order chi connectivity index (χ1) is 9.16. The highest BCUT2D eigenvalue weighted by molar-refractivity contribution is 5.77. The van der Waals surface area contributed by atoms with Crippen molar-refractivity contribution in [3.63, 3.8) is 0 Å². The van der Waals surface area contributed by atoms with Crippen LogP contribution in [-0.4, -0.2) is 40.0 Å². The van der Waals surface area contributed by atoms with Crippen LogP contribution < -0.4 is 0 Å². The number of amides is 1. The number of carboxylic acids is 1. The van der Waals surface area contributed by atoms with Crippen molar-refractivity contribution in [2.45, 2.75) is 25.7 Å². The fourth-order valence-corrected chi connectivity index (χ4v) is 2.31. The van der Waals surface area contributed by atoms with Gasteiger partial charge in [0.1, 0.15) is 0 Å². The fourth-order valence-electron chi connectivity index (χ4n) is 2.31. The van der Waals surface area contributed by atoms with Crippen molar-refractivity contribution in [3.8, 4) is 0 Å². The Balaban J connectivity index is 1.77. The Morgan fingerprint density at radius 2 is 2.05 bits per heavy atom. The van der Waals surface area contributed by atoms with E-state index < -0.39 is 5.97 Å². The third-order valence-corrected chi connectivity index (χ3v) is 3.52. The van der Waals surface area contributed by atoms with E-state index in [1.54, 1.807) is 11.1 Å². The maximum absolute atomic E-state index is 12.0. The molecular formula is C14H18N2O3. The van der Waals surface area contributed by atoms with Gasteiger partial charge in [0, 0.05) is 31.4 Å². The lowest BCUT2D eigenvalue weighted by Gasteiger charge is -2.30. The Morgan fingerprint density at radius 1 is 1.32 bits per heavy atom.